The predicted molar refractivity (Wildman–Crippen MR) is 71.8 cm³/mol. The zero-order chi connectivity index (χ0) is 12.3. The Morgan fingerprint density at radius 2 is 2.28 bits per heavy atom. The van der Waals surface area contributed by atoms with Gasteiger partial charge >= 0.3 is 0 Å². The molecular formula is C15H18N2O. The van der Waals surface area contributed by atoms with Gasteiger partial charge in [0, 0.05) is 35.6 Å². The number of aromatic nitrogens is 1. The van der Waals surface area contributed by atoms with Crippen LogP contribution in [-0.2, 0) is 6.42 Å². The van der Waals surface area contributed by atoms with Gasteiger partial charge in [0.1, 0.15) is 0 Å². The Hall–Kier alpha value is -1.32. The third-order valence-electron chi connectivity index (χ3n) is 4.55. The van der Waals surface area contributed by atoms with Crippen molar-refractivity contribution in [3.05, 3.63) is 35.5 Å². The average Bonchev–Trinajstić information content (AvgIpc) is 2.75. The van der Waals surface area contributed by atoms with Crippen LogP contribution in [0.15, 0.2) is 24.4 Å². The van der Waals surface area contributed by atoms with E-state index in [0.717, 1.165) is 12.8 Å². The molecule has 0 saturated carbocycles. The van der Waals surface area contributed by atoms with Crippen LogP contribution in [0, 0.1) is 0 Å². The van der Waals surface area contributed by atoms with Crippen molar-refractivity contribution in [1.29, 1.82) is 0 Å². The summed E-state index contributed by atoms with van der Waals surface area (Å²) < 4.78 is 0. The van der Waals surface area contributed by atoms with Crippen molar-refractivity contribution in [2.75, 3.05) is 6.54 Å². The molecule has 2 heterocycles. The van der Waals surface area contributed by atoms with Crippen LogP contribution in [0.25, 0.3) is 10.9 Å². The lowest BCUT2D eigenvalue weighted by Gasteiger charge is -2.43. The summed E-state index contributed by atoms with van der Waals surface area (Å²) in [6, 6.07) is 6.94. The van der Waals surface area contributed by atoms with Crippen molar-refractivity contribution in [3.63, 3.8) is 0 Å². The Balaban J connectivity index is 1.90. The highest BCUT2D eigenvalue weighted by Crippen LogP contribution is 2.42. The Morgan fingerprint density at radius 3 is 3.17 bits per heavy atom. The second-order valence-electron chi connectivity index (χ2n) is 6.08. The molecule has 3 nitrogen and oxygen atoms in total. The van der Waals surface area contributed by atoms with Crippen LogP contribution in [0.5, 0.6) is 0 Å². The van der Waals surface area contributed by atoms with Gasteiger partial charge in [0.05, 0.1) is 5.60 Å². The van der Waals surface area contributed by atoms with Crippen molar-refractivity contribution < 1.29 is 5.11 Å². The van der Waals surface area contributed by atoms with Crippen LogP contribution >= 0.6 is 0 Å². The van der Waals surface area contributed by atoms with Gasteiger partial charge in [-0.3, -0.25) is 0 Å². The number of aromatic amines is 1. The number of β-amino-alcohol motifs (C(OH)–C–C–N with tert-alkyl or cyclic N) is 1. The zero-order valence-corrected chi connectivity index (χ0v) is 10.5. The van der Waals surface area contributed by atoms with Crippen molar-refractivity contribution in [3.8, 4) is 0 Å². The van der Waals surface area contributed by atoms with E-state index in [-0.39, 0.29) is 0 Å². The lowest BCUT2D eigenvalue weighted by Crippen LogP contribution is -2.54. The summed E-state index contributed by atoms with van der Waals surface area (Å²) in [4.78, 5) is 3.36. The summed E-state index contributed by atoms with van der Waals surface area (Å²) in [5, 5.41) is 15.2. The fourth-order valence-corrected chi connectivity index (χ4v) is 3.72. The Morgan fingerprint density at radius 1 is 1.39 bits per heavy atom. The number of H-pyrrole nitrogens is 1. The van der Waals surface area contributed by atoms with Crippen LogP contribution in [0.3, 0.4) is 0 Å². The Bertz CT molecular complexity index is 614. The van der Waals surface area contributed by atoms with E-state index in [9.17, 15) is 5.11 Å². The topological polar surface area (TPSA) is 48.0 Å². The molecule has 3 atom stereocenters. The molecule has 0 unspecified atom stereocenters. The van der Waals surface area contributed by atoms with Crippen LogP contribution in [-0.4, -0.2) is 28.3 Å². The number of piperidine rings is 1. The maximum atomic E-state index is 10.3. The van der Waals surface area contributed by atoms with Gasteiger partial charge in [-0.05, 0) is 37.0 Å². The van der Waals surface area contributed by atoms with Crippen molar-refractivity contribution >= 4 is 10.9 Å². The average molecular weight is 242 g/mol. The first-order valence-electron chi connectivity index (χ1n) is 6.69. The second-order valence-corrected chi connectivity index (χ2v) is 6.08. The van der Waals surface area contributed by atoms with Gasteiger partial charge in [-0.1, -0.05) is 12.1 Å². The molecule has 1 aromatic carbocycles. The van der Waals surface area contributed by atoms with Gasteiger partial charge in [0.2, 0.25) is 0 Å². The summed E-state index contributed by atoms with van der Waals surface area (Å²) in [6.45, 7) is 2.63. The van der Waals surface area contributed by atoms with E-state index in [1.807, 2.05) is 6.92 Å². The van der Waals surface area contributed by atoms with Crippen molar-refractivity contribution in [1.82, 2.24) is 10.3 Å². The molecule has 18 heavy (non-hydrogen) atoms. The molecule has 1 aromatic heterocycles. The first kappa shape index (κ1) is 10.6. The first-order chi connectivity index (χ1) is 8.64. The third-order valence-corrected chi connectivity index (χ3v) is 4.55. The van der Waals surface area contributed by atoms with Crippen LogP contribution in [0.4, 0.5) is 0 Å². The smallest absolute Gasteiger partial charge is 0.0750 e. The largest absolute Gasteiger partial charge is 0.389 e. The van der Waals surface area contributed by atoms with Gasteiger partial charge in [-0.25, -0.2) is 0 Å². The maximum Gasteiger partial charge on any atom is 0.0750 e. The van der Waals surface area contributed by atoms with Crippen molar-refractivity contribution in [2.24, 2.45) is 0 Å². The number of nitrogens with one attached hydrogen (secondary N) is 2. The molecule has 2 aliphatic rings. The van der Waals surface area contributed by atoms with Gasteiger partial charge in [0.15, 0.2) is 0 Å². The van der Waals surface area contributed by atoms with Gasteiger partial charge < -0.3 is 15.4 Å². The summed E-state index contributed by atoms with van der Waals surface area (Å²) in [6.07, 6.45) is 4.06. The van der Waals surface area contributed by atoms with Crippen LogP contribution < -0.4 is 5.32 Å². The van der Waals surface area contributed by atoms with Gasteiger partial charge in [-0.2, -0.15) is 0 Å². The third kappa shape index (κ3) is 1.38. The molecule has 0 spiro atoms. The lowest BCUT2D eigenvalue weighted by molar-refractivity contribution is 0.0141. The van der Waals surface area contributed by atoms with E-state index in [1.54, 1.807) is 0 Å². The molecule has 1 aliphatic carbocycles. The fraction of sp³-hybridized carbons (Fsp3) is 0.467. The van der Waals surface area contributed by atoms with Crippen LogP contribution in [0.2, 0.25) is 0 Å². The normalized spacial score (nSPS) is 34.6. The first-order valence-corrected chi connectivity index (χ1v) is 6.69. The fourth-order valence-electron chi connectivity index (χ4n) is 3.72. The minimum absolute atomic E-state index is 0.431. The number of rotatable bonds is 0. The van der Waals surface area contributed by atoms with E-state index >= 15 is 0 Å². The number of hydrogen-bond acceptors (Lipinski definition) is 2. The molecule has 3 N–H and O–H groups in total. The molecule has 94 valence electrons. The van der Waals surface area contributed by atoms with Gasteiger partial charge in [-0.15, -0.1) is 0 Å². The van der Waals surface area contributed by atoms with E-state index in [4.69, 9.17) is 0 Å². The monoisotopic (exact) mass is 242 g/mol. The molecule has 1 fully saturated rings. The lowest BCUT2D eigenvalue weighted by atomic mass is 9.72. The van der Waals surface area contributed by atoms with Gasteiger partial charge in [0.25, 0.3) is 0 Å². The molecular weight excluding hydrogens is 224 g/mol. The highest BCUT2D eigenvalue weighted by Gasteiger charge is 2.40. The second kappa shape index (κ2) is 3.37. The summed E-state index contributed by atoms with van der Waals surface area (Å²) >= 11 is 0. The van der Waals surface area contributed by atoms with E-state index in [0.29, 0.717) is 18.5 Å². The molecule has 0 radical (unpaired) electrons. The maximum absolute atomic E-state index is 10.3. The molecule has 0 amide bonds. The molecule has 3 heteroatoms. The zero-order valence-electron chi connectivity index (χ0n) is 10.5. The quantitative estimate of drug-likeness (QED) is 0.661. The standard InChI is InChI=1S/C15H18N2O/c1-15(18)6-11-10-3-2-4-12-14(10)9(7-16-12)5-13(11)17-8-15/h2-4,7,11,13,16-18H,5-6,8H2,1H3/t11-,13-,15-/m1/s1. The molecule has 2 aromatic rings. The number of aliphatic hydroxyl groups is 1. The highest BCUT2D eigenvalue weighted by molar-refractivity contribution is 5.88. The van der Waals surface area contributed by atoms with E-state index in [2.05, 4.69) is 34.7 Å². The summed E-state index contributed by atoms with van der Waals surface area (Å²) in [5.74, 6) is 0.431. The predicted octanol–water partition coefficient (Wildman–Crippen LogP) is 1.92. The minimum Gasteiger partial charge on any atom is -0.389 e. The van der Waals surface area contributed by atoms with E-state index < -0.39 is 5.60 Å². The van der Waals surface area contributed by atoms with Crippen LogP contribution in [0.1, 0.15) is 30.4 Å². The Kier molecular flexibility index (Phi) is 1.98. The summed E-state index contributed by atoms with van der Waals surface area (Å²) in [7, 11) is 0. The molecule has 4 rings (SSSR count). The van der Waals surface area contributed by atoms with Crippen molar-refractivity contribution in [2.45, 2.75) is 37.3 Å². The summed E-state index contributed by atoms with van der Waals surface area (Å²) in [5.41, 5.74) is 3.45. The number of fused-ring (bicyclic) bond motifs is 2. The van der Waals surface area contributed by atoms with E-state index in [1.165, 1.54) is 22.0 Å². The molecule has 0 bridgehead atoms. The number of hydrogen-bond donors (Lipinski definition) is 3. The highest BCUT2D eigenvalue weighted by atomic mass is 16.3. The molecule has 1 aliphatic heterocycles. The SMILES string of the molecule is C[C@]1(O)CN[C@@H]2Cc3c[nH]c4cccc(c34)[C@H]2C1. The minimum atomic E-state index is -0.586. The molecule has 1 saturated heterocycles. The number of benzene rings is 1. The Labute approximate surface area is 106 Å².